The lowest BCUT2D eigenvalue weighted by molar-refractivity contribution is -0.148. The summed E-state index contributed by atoms with van der Waals surface area (Å²) in [6.07, 6.45) is 1.90. The van der Waals surface area contributed by atoms with E-state index in [-0.39, 0.29) is 0 Å². The van der Waals surface area contributed by atoms with Crippen LogP contribution in [0.1, 0.15) is 19.3 Å². The van der Waals surface area contributed by atoms with E-state index in [1.54, 1.807) is 0 Å². The molecule has 1 fully saturated rings. The smallest absolute Gasteiger partial charge is 0.329 e. The van der Waals surface area contributed by atoms with E-state index >= 15 is 0 Å². The number of hydrogen-bond acceptors (Lipinski definition) is 2. The number of urea groups is 1. The highest BCUT2D eigenvalue weighted by Gasteiger charge is 2.45. The minimum Gasteiger partial charge on any atom is -0.480 e. The molecule has 3 N–H and O–H groups in total. The minimum atomic E-state index is -1.000. The van der Waals surface area contributed by atoms with Gasteiger partial charge in [-0.15, -0.1) is 0 Å². The van der Waals surface area contributed by atoms with E-state index in [9.17, 15) is 9.59 Å². The maximum Gasteiger partial charge on any atom is 0.329 e. The Morgan fingerprint density at radius 2 is 2.00 bits per heavy atom. The van der Waals surface area contributed by atoms with Crippen LogP contribution in [0, 0.1) is 0 Å². The summed E-state index contributed by atoms with van der Waals surface area (Å²) >= 11 is 0. The first kappa shape index (κ1) is 8.83. The van der Waals surface area contributed by atoms with Crippen molar-refractivity contribution in [3.63, 3.8) is 0 Å². The molecule has 5 nitrogen and oxygen atoms in total. The van der Waals surface area contributed by atoms with E-state index in [2.05, 4.69) is 10.6 Å². The second kappa shape index (κ2) is 3.00. The molecular formula is C7H12N2O3. The zero-order valence-electron chi connectivity index (χ0n) is 6.89. The monoisotopic (exact) mass is 172 g/mol. The van der Waals surface area contributed by atoms with E-state index in [0.717, 1.165) is 6.42 Å². The Morgan fingerprint density at radius 1 is 1.42 bits per heavy atom. The summed E-state index contributed by atoms with van der Waals surface area (Å²) in [5.74, 6) is -0.947. The third-order valence-corrected chi connectivity index (χ3v) is 2.20. The van der Waals surface area contributed by atoms with Crippen molar-refractivity contribution in [3.05, 3.63) is 0 Å². The molecule has 1 aliphatic rings. The van der Waals surface area contributed by atoms with Gasteiger partial charge in [-0.05, 0) is 19.3 Å². The van der Waals surface area contributed by atoms with Gasteiger partial charge in [-0.25, -0.2) is 9.59 Å². The highest BCUT2D eigenvalue weighted by atomic mass is 16.4. The van der Waals surface area contributed by atoms with Crippen LogP contribution in [0.25, 0.3) is 0 Å². The molecule has 12 heavy (non-hydrogen) atoms. The fourth-order valence-corrected chi connectivity index (χ4v) is 1.20. The van der Waals surface area contributed by atoms with Crippen LogP contribution in [-0.4, -0.2) is 29.7 Å². The number of hydrogen-bond donors (Lipinski definition) is 3. The van der Waals surface area contributed by atoms with Crippen molar-refractivity contribution in [2.24, 2.45) is 0 Å². The van der Waals surface area contributed by atoms with Crippen molar-refractivity contribution in [2.45, 2.75) is 24.8 Å². The summed E-state index contributed by atoms with van der Waals surface area (Å²) in [4.78, 5) is 21.6. The van der Waals surface area contributed by atoms with Gasteiger partial charge in [0.1, 0.15) is 5.54 Å². The van der Waals surface area contributed by atoms with E-state index < -0.39 is 17.5 Å². The van der Waals surface area contributed by atoms with E-state index in [4.69, 9.17) is 5.11 Å². The molecule has 68 valence electrons. The lowest BCUT2D eigenvalue weighted by Crippen LogP contribution is -2.60. The molecule has 0 aromatic heterocycles. The maximum absolute atomic E-state index is 10.8. The van der Waals surface area contributed by atoms with Crippen LogP contribution in [-0.2, 0) is 4.79 Å². The van der Waals surface area contributed by atoms with Crippen molar-refractivity contribution < 1.29 is 14.7 Å². The molecule has 0 atom stereocenters. The Hall–Kier alpha value is -1.26. The van der Waals surface area contributed by atoms with Gasteiger partial charge in [0, 0.05) is 7.05 Å². The van der Waals surface area contributed by atoms with Crippen LogP contribution in [0.3, 0.4) is 0 Å². The van der Waals surface area contributed by atoms with Gasteiger partial charge < -0.3 is 15.7 Å². The summed E-state index contributed by atoms with van der Waals surface area (Å²) in [6, 6.07) is -0.433. The summed E-state index contributed by atoms with van der Waals surface area (Å²) < 4.78 is 0. The third kappa shape index (κ3) is 1.34. The number of carbonyl (C=O) groups excluding carboxylic acids is 1. The highest BCUT2D eigenvalue weighted by Crippen LogP contribution is 2.31. The number of rotatable bonds is 2. The molecule has 0 saturated heterocycles. The van der Waals surface area contributed by atoms with Gasteiger partial charge in [-0.3, -0.25) is 0 Å². The maximum atomic E-state index is 10.8. The predicted octanol–water partition coefficient (Wildman–Crippen LogP) is -0.0773. The highest BCUT2D eigenvalue weighted by molar-refractivity contribution is 5.86. The Balaban J connectivity index is 2.56. The van der Waals surface area contributed by atoms with Crippen LogP contribution in [0.5, 0.6) is 0 Å². The Kier molecular flexibility index (Phi) is 2.21. The van der Waals surface area contributed by atoms with Crippen LogP contribution in [0.15, 0.2) is 0 Å². The molecule has 2 amide bonds. The van der Waals surface area contributed by atoms with Gasteiger partial charge >= 0.3 is 12.0 Å². The van der Waals surface area contributed by atoms with Crippen molar-refractivity contribution >= 4 is 12.0 Å². The van der Waals surface area contributed by atoms with Gasteiger partial charge in [0.2, 0.25) is 0 Å². The molecule has 1 rings (SSSR count). The first-order chi connectivity index (χ1) is 5.60. The van der Waals surface area contributed by atoms with Crippen LogP contribution >= 0.6 is 0 Å². The molecule has 0 aliphatic heterocycles. The van der Waals surface area contributed by atoms with Crippen molar-refractivity contribution in [2.75, 3.05) is 7.05 Å². The summed E-state index contributed by atoms with van der Waals surface area (Å²) in [5, 5.41) is 13.5. The number of carbonyl (C=O) groups is 2. The molecular weight excluding hydrogens is 160 g/mol. The number of carboxylic acid groups (broad SMARTS) is 1. The van der Waals surface area contributed by atoms with Crippen molar-refractivity contribution in [3.8, 4) is 0 Å². The number of carboxylic acids is 1. The molecule has 0 spiro atoms. The summed E-state index contributed by atoms with van der Waals surface area (Å²) in [6.45, 7) is 0. The second-order valence-electron chi connectivity index (χ2n) is 2.94. The largest absolute Gasteiger partial charge is 0.480 e. The average molecular weight is 172 g/mol. The zero-order valence-corrected chi connectivity index (χ0v) is 6.89. The lowest BCUT2D eigenvalue weighted by atomic mass is 9.77. The molecule has 1 saturated carbocycles. The zero-order chi connectivity index (χ0) is 9.19. The molecule has 0 bridgehead atoms. The number of nitrogens with one attached hydrogen (secondary N) is 2. The van der Waals surface area contributed by atoms with E-state index in [1.807, 2.05) is 0 Å². The van der Waals surface area contributed by atoms with E-state index in [1.165, 1.54) is 7.05 Å². The summed E-state index contributed by atoms with van der Waals surface area (Å²) in [5.41, 5.74) is -1.000. The van der Waals surface area contributed by atoms with Gasteiger partial charge in [-0.1, -0.05) is 0 Å². The quantitative estimate of drug-likeness (QED) is 0.545. The molecule has 0 unspecified atom stereocenters. The number of amides is 2. The van der Waals surface area contributed by atoms with Gasteiger partial charge in [-0.2, -0.15) is 0 Å². The first-order valence-electron chi connectivity index (χ1n) is 3.84. The Labute approximate surface area is 70.1 Å². The van der Waals surface area contributed by atoms with Gasteiger partial charge in [0.15, 0.2) is 0 Å². The lowest BCUT2D eigenvalue weighted by Gasteiger charge is -2.37. The minimum absolute atomic E-state index is 0.433. The van der Waals surface area contributed by atoms with Gasteiger partial charge in [0.05, 0.1) is 0 Å². The summed E-state index contributed by atoms with van der Waals surface area (Å²) in [7, 11) is 1.46. The third-order valence-electron chi connectivity index (χ3n) is 2.20. The second-order valence-corrected chi connectivity index (χ2v) is 2.94. The van der Waals surface area contributed by atoms with Crippen LogP contribution < -0.4 is 10.6 Å². The molecule has 0 aromatic carbocycles. The number of aliphatic carboxylic acids is 1. The standard InChI is InChI=1S/C7H12N2O3/c1-8-6(12)9-7(5(10)11)3-2-4-7/h2-4H2,1H3,(H,10,11)(H2,8,9,12). The fourth-order valence-electron chi connectivity index (χ4n) is 1.20. The van der Waals surface area contributed by atoms with E-state index in [0.29, 0.717) is 12.8 Å². The van der Waals surface area contributed by atoms with Crippen LogP contribution in [0.2, 0.25) is 0 Å². The van der Waals surface area contributed by atoms with Crippen molar-refractivity contribution in [1.29, 1.82) is 0 Å². The normalized spacial score (nSPS) is 19.1. The molecule has 0 heterocycles. The van der Waals surface area contributed by atoms with Gasteiger partial charge in [0.25, 0.3) is 0 Å². The topological polar surface area (TPSA) is 78.4 Å². The predicted molar refractivity (Wildman–Crippen MR) is 41.8 cm³/mol. The first-order valence-corrected chi connectivity index (χ1v) is 3.84. The molecule has 0 aromatic rings. The van der Waals surface area contributed by atoms with Crippen LogP contribution in [0.4, 0.5) is 4.79 Å². The Morgan fingerprint density at radius 3 is 2.25 bits per heavy atom. The van der Waals surface area contributed by atoms with Crippen molar-refractivity contribution in [1.82, 2.24) is 10.6 Å². The SMILES string of the molecule is CNC(=O)NC1(C(=O)O)CCC1. The molecule has 0 radical (unpaired) electrons. The Bertz CT molecular complexity index is 211. The molecule has 1 aliphatic carbocycles. The fraction of sp³-hybridized carbons (Fsp3) is 0.714. The average Bonchev–Trinajstić information content (AvgIpc) is 1.95. The molecule has 5 heteroatoms.